The summed E-state index contributed by atoms with van der Waals surface area (Å²) in [5.74, 6) is 0.688. The number of carbonyl (C=O) groups excluding carboxylic acids is 1. The van der Waals surface area contributed by atoms with Crippen LogP contribution in [0.25, 0.3) is 0 Å². The molecule has 1 aliphatic rings. The van der Waals surface area contributed by atoms with E-state index in [2.05, 4.69) is 35.4 Å². The smallest absolute Gasteiger partial charge is 0.257 e. The van der Waals surface area contributed by atoms with Crippen LogP contribution in [-0.4, -0.2) is 63.7 Å². The third kappa shape index (κ3) is 4.66. The molecule has 1 N–H and O–H groups in total. The van der Waals surface area contributed by atoms with Crippen LogP contribution in [0.5, 0.6) is 0 Å². The maximum atomic E-state index is 12.7. The molecule has 0 fully saturated rings. The van der Waals surface area contributed by atoms with E-state index in [-0.39, 0.29) is 11.9 Å². The van der Waals surface area contributed by atoms with Crippen LogP contribution in [0.3, 0.4) is 0 Å². The summed E-state index contributed by atoms with van der Waals surface area (Å²) >= 11 is 0. The Bertz CT molecular complexity index is 811. The van der Waals surface area contributed by atoms with Gasteiger partial charge in [0.2, 0.25) is 0 Å². The van der Waals surface area contributed by atoms with Crippen molar-refractivity contribution in [1.29, 1.82) is 0 Å². The fraction of sp³-hybridized carbons (Fsp3) is 0.550. The minimum Gasteiger partial charge on any atom is -0.367 e. The monoisotopic (exact) mass is 370 g/mol. The van der Waals surface area contributed by atoms with Gasteiger partial charge in [0.25, 0.3) is 5.91 Å². The highest BCUT2D eigenvalue weighted by atomic mass is 16.2. The lowest BCUT2D eigenvalue weighted by molar-refractivity contribution is 0.0828. The summed E-state index contributed by atoms with van der Waals surface area (Å²) in [5.41, 5.74) is 4.17. The predicted molar refractivity (Wildman–Crippen MR) is 107 cm³/mol. The molecule has 0 aromatic carbocycles. The van der Waals surface area contributed by atoms with E-state index in [1.807, 2.05) is 24.0 Å². The third-order valence-electron chi connectivity index (χ3n) is 4.78. The van der Waals surface area contributed by atoms with Gasteiger partial charge in [-0.15, -0.1) is 0 Å². The zero-order chi connectivity index (χ0) is 19.6. The van der Waals surface area contributed by atoms with Gasteiger partial charge in [0.1, 0.15) is 5.82 Å². The zero-order valence-electron chi connectivity index (χ0n) is 17.0. The molecule has 0 saturated carbocycles. The van der Waals surface area contributed by atoms with Crippen molar-refractivity contribution in [3.8, 4) is 0 Å². The van der Waals surface area contributed by atoms with E-state index in [4.69, 9.17) is 4.98 Å². The number of aromatic nitrogens is 3. The number of pyridine rings is 1. The van der Waals surface area contributed by atoms with E-state index in [0.717, 1.165) is 38.2 Å². The second-order valence-corrected chi connectivity index (χ2v) is 7.79. The number of amides is 1. The van der Waals surface area contributed by atoms with E-state index < -0.39 is 0 Å². The molecular weight excluding hydrogens is 340 g/mol. The van der Waals surface area contributed by atoms with Crippen LogP contribution in [0, 0.1) is 0 Å². The first-order valence-electron chi connectivity index (χ1n) is 9.54. The van der Waals surface area contributed by atoms with Crippen molar-refractivity contribution in [2.24, 2.45) is 7.05 Å². The quantitative estimate of drug-likeness (QED) is 0.871. The van der Waals surface area contributed by atoms with Crippen LogP contribution >= 0.6 is 0 Å². The largest absolute Gasteiger partial charge is 0.367 e. The molecular formula is C20H30N6O. The van der Waals surface area contributed by atoms with Gasteiger partial charge in [-0.05, 0) is 31.9 Å². The third-order valence-corrected chi connectivity index (χ3v) is 4.78. The highest BCUT2D eigenvalue weighted by Gasteiger charge is 2.22. The summed E-state index contributed by atoms with van der Waals surface area (Å²) in [4.78, 5) is 21.6. The first kappa shape index (κ1) is 19.4. The molecule has 0 atom stereocenters. The van der Waals surface area contributed by atoms with Crippen molar-refractivity contribution in [3.05, 3.63) is 40.8 Å². The average Bonchev–Trinajstić information content (AvgIpc) is 2.91. The Morgan fingerprint density at radius 2 is 2.04 bits per heavy atom. The molecule has 0 unspecified atom stereocenters. The molecule has 27 heavy (non-hydrogen) atoms. The van der Waals surface area contributed by atoms with Crippen molar-refractivity contribution in [3.63, 3.8) is 0 Å². The maximum absolute atomic E-state index is 12.7. The summed E-state index contributed by atoms with van der Waals surface area (Å²) in [6.45, 7) is 6.93. The lowest BCUT2D eigenvalue weighted by Gasteiger charge is -2.19. The van der Waals surface area contributed by atoms with Crippen molar-refractivity contribution in [2.75, 3.05) is 32.5 Å². The highest BCUT2D eigenvalue weighted by Crippen LogP contribution is 2.23. The number of nitrogens with one attached hydrogen (secondary N) is 1. The molecule has 0 saturated heterocycles. The van der Waals surface area contributed by atoms with Gasteiger partial charge in [-0.3, -0.25) is 14.4 Å². The number of carbonyl (C=O) groups is 1. The van der Waals surface area contributed by atoms with E-state index in [0.29, 0.717) is 11.4 Å². The van der Waals surface area contributed by atoms with Crippen LogP contribution in [-0.2, 0) is 26.4 Å². The Morgan fingerprint density at radius 1 is 1.30 bits per heavy atom. The molecule has 146 valence electrons. The second-order valence-electron chi connectivity index (χ2n) is 7.79. The summed E-state index contributed by atoms with van der Waals surface area (Å²) in [6, 6.07) is 2.26. The Labute approximate surface area is 161 Å². The number of anilines is 1. The van der Waals surface area contributed by atoms with Gasteiger partial charge in [-0.25, -0.2) is 4.98 Å². The molecule has 7 nitrogen and oxygen atoms in total. The molecule has 2 aromatic rings. The summed E-state index contributed by atoms with van der Waals surface area (Å²) in [7, 11) is 5.50. The predicted octanol–water partition coefficient (Wildman–Crippen LogP) is 1.94. The van der Waals surface area contributed by atoms with Crippen LogP contribution < -0.4 is 5.32 Å². The molecule has 0 spiro atoms. The average molecular weight is 371 g/mol. The van der Waals surface area contributed by atoms with E-state index in [9.17, 15) is 4.79 Å². The fourth-order valence-corrected chi connectivity index (χ4v) is 3.44. The summed E-state index contributed by atoms with van der Waals surface area (Å²) in [5, 5.41) is 7.61. The highest BCUT2D eigenvalue weighted by molar-refractivity contribution is 5.98. The number of hydrogen-bond acceptors (Lipinski definition) is 5. The van der Waals surface area contributed by atoms with Gasteiger partial charge in [-0.1, -0.05) is 0 Å². The van der Waals surface area contributed by atoms with Crippen molar-refractivity contribution in [2.45, 2.75) is 39.3 Å². The molecule has 0 bridgehead atoms. The Morgan fingerprint density at radius 3 is 2.67 bits per heavy atom. The molecule has 2 aromatic heterocycles. The van der Waals surface area contributed by atoms with Crippen LogP contribution in [0.15, 0.2) is 18.5 Å². The number of hydrogen-bond donors (Lipinski definition) is 1. The molecule has 0 aliphatic carbocycles. The molecule has 3 rings (SSSR count). The van der Waals surface area contributed by atoms with Crippen LogP contribution in [0.1, 0.15) is 41.0 Å². The number of rotatable bonds is 5. The molecule has 7 heteroatoms. The van der Waals surface area contributed by atoms with Gasteiger partial charge in [-0.2, -0.15) is 5.10 Å². The van der Waals surface area contributed by atoms with Gasteiger partial charge < -0.3 is 10.2 Å². The minimum atomic E-state index is -0.00934. The standard InChI is InChI=1S/C20H30N6O/c1-14(2)22-19-17(20(27)24(3)4)10-16-6-8-26(9-7-18(16)23-19)13-15-11-21-25(5)12-15/h10-12,14H,6-9,13H2,1-5H3,(H,22,23). The Hall–Kier alpha value is -2.41. The number of fused-ring (bicyclic) bond motifs is 1. The SMILES string of the molecule is CC(C)Nc1nc2c(cc1C(=O)N(C)C)CCN(Cc1cnn(C)c1)CC2. The normalized spacial score (nSPS) is 14.7. The van der Waals surface area contributed by atoms with Crippen LogP contribution in [0.2, 0.25) is 0 Å². The molecule has 0 radical (unpaired) electrons. The fourth-order valence-electron chi connectivity index (χ4n) is 3.44. The zero-order valence-corrected chi connectivity index (χ0v) is 17.0. The van der Waals surface area contributed by atoms with Gasteiger partial charge in [0.15, 0.2) is 0 Å². The lowest BCUT2D eigenvalue weighted by atomic mass is 10.0. The first-order chi connectivity index (χ1) is 12.8. The maximum Gasteiger partial charge on any atom is 0.257 e. The van der Waals surface area contributed by atoms with Crippen LogP contribution in [0.4, 0.5) is 5.82 Å². The second kappa shape index (κ2) is 8.08. The first-order valence-corrected chi connectivity index (χ1v) is 9.54. The lowest BCUT2D eigenvalue weighted by Crippen LogP contribution is -2.25. The van der Waals surface area contributed by atoms with E-state index in [1.165, 1.54) is 11.1 Å². The topological polar surface area (TPSA) is 66.3 Å². The van der Waals surface area contributed by atoms with Gasteiger partial charge >= 0.3 is 0 Å². The molecule has 1 amide bonds. The van der Waals surface area contributed by atoms with Crippen molar-refractivity contribution < 1.29 is 4.79 Å². The van der Waals surface area contributed by atoms with Gasteiger partial charge in [0.05, 0.1) is 11.8 Å². The molecule has 1 aliphatic heterocycles. The summed E-state index contributed by atoms with van der Waals surface area (Å²) < 4.78 is 1.84. The van der Waals surface area contributed by atoms with Gasteiger partial charge in [0, 0.05) is 70.7 Å². The number of aryl methyl sites for hydroxylation is 1. The number of nitrogens with zero attached hydrogens (tertiary/aromatic N) is 5. The molecule has 3 heterocycles. The Kier molecular flexibility index (Phi) is 5.79. The van der Waals surface area contributed by atoms with Crippen molar-refractivity contribution in [1.82, 2.24) is 24.6 Å². The summed E-state index contributed by atoms with van der Waals surface area (Å²) in [6.07, 6.45) is 5.78. The minimum absolute atomic E-state index is 0.00934. The van der Waals surface area contributed by atoms with Crippen molar-refractivity contribution >= 4 is 11.7 Å². The van der Waals surface area contributed by atoms with E-state index in [1.54, 1.807) is 19.0 Å². The Balaban J connectivity index is 1.83. The van der Waals surface area contributed by atoms with E-state index >= 15 is 0 Å².